The second-order valence-corrected chi connectivity index (χ2v) is 7.02. The van der Waals surface area contributed by atoms with Gasteiger partial charge in [0.05, 0.1) is 7.05 Å². The zero-order chi connectivity index (χ0) is 17.5. The average molecular weight is 332 g/mol. The van der Waals surface area contributed by atoms with Crippen molar-refractivity contribution in [1.82, 2.24) is 10.6 Å². The predicted molar refractivity (Wildman–Crippen MR) is 94.9 cm³/mol. The number of benzene rings is 1. The van der Waals surface area contributed by atoms with Gasteiger partial charge in [-0.1, -0.05) is 31.9 Å². The van der Waals surface area contributed by atoms with Gasteiger partial charge in [0.2, 0.25) is 0 Å². The highest BCUT2D eigenvalue weighted by molar-refractivity contribution is 5.93. The molecular weight excluding hydrogens is 302 g/mol. The molecule has 1 aromatic rings. The molecule has 1 saturated carbocycles. The first-order valence-corrected chi connectivity index (χ1v) is 8.91. The zero-order valence-electron chi connectivity index (χ0n) is 15.0. The van der Waals surface area contributed by atoms with E-state index >= 15 is 0 Å². The molecule has 132 valence electrons. The molecule has 0 aromatic heterocycles. The van der Waals surface area contributed by atoms with Crippen LogP contribution in [0.4, 0.5) is 0 Å². The molecule has 5 heteroatoms. The van der Waals surface area contributed by atoms with Crippen LogP contribution in [-0.4, -0.2) is 38.5 Å². The fraction of sp³-hybridized carbons (Fsp3) is 0.579. The minimum Gasteiger partial charge on any atom is -0.355 e. The van der Waals surface area contributed by atoms with Crippen molar-refractivity contribution in [3.8, 4) is 0 Å². The van der Waals surface area contributed by atoms with Gasteiger partial charge in [0.25, 0.3) is 11.8 Å². The summed E-state index contributed by atoms with van der Waals surface area (Å²) in [6, 6.07) is 7.90. The Morgan fingerprint density at radius 1 is 1.17 bits per heavy atom. The van der Waals surface area contributed by atoms with Gasteiger partial charge in [0, 0.05) is 24.2 Å². The summed E-state index contributed by atoms with van der Waals surface area (Å²) in [7, 11) is 3.65. The first kappa shape index (κ1) is 18.5. The van der Waals surface area contributed by atoms with Gasteiger partial charge in [-0.25, -0.2) is 0 Å². The number of amides is 2. The summed E-state index contributed by atoms with van der Waals surface area (Å²) >= 11 is 0. The van der Waals surface area contributed by atoms with Crippen molar-refractivity contribution in [2.24, 2.45) is 5.92 Å². The van der Waals surface area contributed by atoms with Gasteiger partial charge in [-0.3, -0.25) is 9.59 Å². The highest BCUT2D eigenvalue weighted by Gasteiger charge is 2.23. The lowest BCUT2D eigenvalue weighted by atomic mass is 9.86. The van der Waals surface area contributed by atoms with Crippen molar-refractivity contribution in [2.75, 3.05) is 20.6 Å². The number of quaternary nitrogens is 1. The summed E-state index contributed by atoms with van der Waals surface area (Å²) in [6.07, 6.45) is 4.82. The molecule has 0 spiro atoms. The third-order valence-corrected chi connectivity index (χ3v) is 4.87. The quantitative estimate of drug-likeness (QED) is 0.720. The molecule has 0 bridgehead atoms. The monoisotopic (exact) mass is 332 g/mol. The predicted octanol–water partition coefficient (Wildman–Crippen LogP) is 0.756. The van der Waals surface area contributed by atoms with Crippen LogP contribution in [0.5, 0.6) is 0 Å². The zero-order valence-corrected chi connectivity index (χ0v) is 15.0. The Labute approximate surface area is 144 Å². The highest BCUT2D eigenvalue weighted by atomic mass is 16.2. The summed E-state index contributed by atoms with van der Waals surface area (Å²) in [4.78, 5) is 24.9. The van der Waals surface area contributed by atoms with E-state index in [9.17, 15) is 9.59 Å². The summed E-state index contributed by atoms with van der Waals surface area (Å²) in [5, 5.41) is 5.82. The SMILES string of the molecule is CNC(=O)c1ccc(C[NH+](C)CC(=O)N[C@H]2CCCC[C@@H]2C)cc1. The topological polar surface area (TPSA) is 62.6 Å². The summed E-state index contributed by atoms with van der Waals surface area (Å²) < 4.78 is 0. The molecule has 1 fully saturated rings. The van der Waals surface area contributed by atoms with Crippen molar-refractivity contribution in [1.29, 1.82) is 0 Å². The average Bonchev–Trinajstić information content (AvgIpc) is 2.56. The van der Waals surface area contributed by atoms with Crippen molar-refractivity contribution in [3.05, 3.63) is 35.4 Å². The second-order valence-electron chi connectivity index (χ2n) is 7.02. The van der Waals surface area contributed by atoms with Crippen LogP contribution in [0.25, 0.3) is 0 Å². The Hall–Kier alpha value is -1.88. The van der Waals surface area contributed by atoms with Gasteiger partial charge >= 0.3 is 0 Å². The summed E-state index contributed by atoms with van der Waals surface area (Å²) in [5.74, 6) is 0.636. The lowest BCUT2D eigenvalue weighted by molar-refractivity contribution is -0.885. The number of carbonyl (C=O) groups is 2. The molecule has 0 radical (unpaired) electrons. The molecule has 1 aliphatic carbocycles. The van der Waals surface area contributed by atoms with Gasteiger partial charge in [-0.2, -0.15) is 0 Å². The Balaban J connectivity index is 1.80. The van der Waals surface area contributed by atoms with Crippen LogP contribution in [0.1, 0.15) is 48.5 Å². The normalized spacial score (nSPS) is 21.8. The van der Waals surface area contributed by atoms with E-state index in [1.165, 1.54) is 19.3 Å². The maximum Gasteiger partial charge on any atom is 0.275 e. The summed E-state index contributed by atoms with van der Waals surface area (Å²) in [6.45, 7) is 3.47. The van der Waals surface area contributed by atoms with Gasteiger partial charge < -0.3 is 15.5 Å². The maximum absolute atomic E-state index is 12.3. The van der Waals surface area contributed by atoms with Crippen LogP contribution in [-0.2, 0) is 11.3 Å². The molecule has 1 aliphatic rings. The number of carbonyl (C=O) groups excluding carboxylic acids is 2. The van der Waals surface area contributed by atoms with Gasteiger partial charge in [0.1, 0.15) is 6.54 Å². The molecule has 0 saturated heterocycles. The van der Waals surface area contributed by atoms with E-state index in [2.05, 4.69) is 17.6 Å². The molecule has 3 N–H and O–H groups in total. The first-order chi connectivity index (χ1) is 11.5. The Morgan fingerprint density at radius 3 is 2.46 bits per heavy atom. The van der Waals surface area contributed by atoms with Crippen molar-refractivity contribution in [2.45, 2.75) is 45.2 Å². The molecule has 1 aromatic carbocycles. The van der Waals surface area contributed by atoms with Crippen LogP contribution in [0.2, 0.25) is 0 Å². The van der Waals surface area contributed by atoms with E-state index in [1.54, 1.807) is 7.05 Å². The lowest BCUT2D eigenvalue weighted by Crippen LogP contribution is -3.09. The van der Waals surface area contributed by atoms with E-state index in [1.807, 2.05) is 31.3 Å². The molecule has 0 heterocycles. The number of likely N-dealkylation sites (N-methyl/N-ethyl adjacent to an activating group) is 1. The third-order valence-electron chi connectivity index (χ3n) is 4.87. The van der Waals surface area contributed by atoms with Crippen molar-refractivity contribution < 1.29 is 14.5 Å². The Morgan fingerprint density at radius 2 is 1.83 bits per heavy atom. The fourth-order valence-electron chi connectivity index (χ4n) is 3.39. The minimum atomic E-state index is -0.0803. The minimum absolute atomic E-state index is 0.0803. The molecule has 0 aliphatic heterocycles. The highest BCUT2D eigenvalue weighted by Crippen LogP contribution is 2.23. The van der Waals surface area contributed by atoms with E-state index in [0.29, 0.717) is 24.1 Å². The van der Waals surface area contributed by atoms with Crippen LogP contribution in [0.15, 0.2) is 24.3 Å². The molecule has 2 rings (SSSR count). The maximum atomic E-state index is 12.3. The van der Waals surface area contributed by atoms with Gasteiger partial charge in [-0.05, 0) is 30.9 Å². The number of nitrogens with one attached hydrogen (secondary N) is 3. The molecule has 5 nitrogen and oxygen atoms in total. The molecule has 24 heavy (non-hydrogen) atoms. The number of hydrogen-bond acceptors (Lipinski definition) is 2. The Bertz CT molecular complexity index is 556. The smallest absolute Gasteiger partial charge is 0.275 e. The van der Waals surface area contributed by atoms with Gasteiger partial charge in [-0.15, -0.1) is 0 Å². The van der Waals surface area contributed by atoms with E-state index in [4.69, 9.17) is 0 Å². The Kier molecular flexibility index (Phi) is 6.79. The molecule has 1 unspecified atom stereocenters. The van der Waals surface area contributed by atoms with Crippen LogP contribution in [0.3, 0.4) is 0 Å². The standard InChI is InChI=1S/C19H29N3O2/c1-14-6-4-5-7-17(14)21-18(23)13-22(3)12-15-8-10-16(11-9-15)19(24)20-2/h8-11,14,17H,4-7,12-13H2,1-3H3,(H,20,24)(H,21,23)/p+1/t14-,17-/m0/s1. The molecular formula is C19H30N3O2+. The van der Waals surface area contributed by atoms with E-state index < -0.39 is 0 Å². The largest absolute Gasteiger partial charge is 0.355 e. The van der Waals surface area contributed by atoms with E-state index in [-0.39, 0.29) is 11.8 Å². The van der Waals surface area contributed by atoms with Crippen LogP contribution < -0.4 is 15.5 Å². The van der Waals surface area contributed by atoms with Crippen molar-refractivity contribution >= 4 is 11.8 Å². The molecule has 3 atom stereocenters. The third kappa shape index (κ3) is 5.34. The van der Waals surface area contributed by atoms with E-state index in [0.717, 1.165) is 23.4 Å². The number of rotatable bonds is 6. The second kappa shape index (κ2) is 8.83. The van der Waals surface area contributed by atoms with Gasteiger partial charge in [0.15, 0.2) is 6.54 Å². The van der Waals surface area contributed by atoms with Crippen LogP contribution in [0, 0.1) is 5.92 Å². The van der Waals surface area contributed by atoms with Crippen molar-refractivity contribution in [3.63, 3.8) is 0 Å². The number of hydrogen-bond donors (Lipinski definition) is 3. The lowest BCUT2D eigenvalue weighted by Gasteiger charge is -2.29. The first-order valence-electron chi connectivity index (χ1n) is 8.91. The van der Waals surface area contributed by atoms with Crippen LogP contribution >= 0.6 is 0 Å². The molecule has 2 amide bonds. The summed E-state index contributed by atoms with van der Waals surface area (Å²) in [5.41, 5.74) is 1.78. The fourth-order valence-corrected chi connectivity index (χ4v) is 3.39.